The summed E-state index contributed by atoms with van der Waals surface area (Å²) in [6, 6.07) is 9.20. The van der Waals surface area contributed by atoms with Crippen LogP contribution in [0.1, 0.15) is 57.7 Å². The molecule has 114 valence electrons. The maximum absolute atomic E-state index is 5.85. The average molecular weight is 277 g/mol. The lowest BCUT2D eigenvalue weighted by molar-refractivity contribution is 0.106. The van der Waals surface area contributed by atoms with E-state index in [1.807, 2.05) is 0 Å². The van der Waals surface area contributed by atoms with Crippen LogP contribution >= 0.6 is 0 Å². The SMILES string of the molecule is CCNC(COCCCC(C)C)c1ccc(CC)cc1. The van der Waals surface area contributed by atoms with Crippen molar-refractivity contribution in [1.29, 1.82) is 0 Å². The highest BCUT2D eigenvalue weighted by atomic mass is 16.5. The van der Waals surface area contributed by atoms with E-state index in [0.29, 0.717) is 6.04 Å². The topological polar surface area (TPSA) is 21.3 Å². The molecule has 2 heteroatoms. The highest BCUT2D eigenvalue weighted by Gasteiger charge is 2.10. The molecule has 2 nitrogen and oxygen atoms in total. The van der Waals surface area contributed by atoms with Crippen LogP contribution in [0.2, 0.25) is 0 Å². The number of ether oxygens (including phenoxy) is 1. The van der Waals surface area contributed by atoms with Crippen LogP contribution in [-0.2, 0) is 11.2 Å². The fraction of sp³-hybridized carbons (Fsp3) is 0.667. The molecule has 1 aromatic carbocycles. The standard InChI is InChI=1S/C18H31NO/c1-5-16-9-11-17(12-10-16)18(19-6-2)14-20-13-7-8-15(3)4/h9-12,15,18-19H,5-8,13-14H2,1-4H3. The summed E-state index contributed by atoms with van der Waals surface area (Å²) in [6.45, 7) is 11.5. The summed E-state index contributed by atoms with van der Waals surface area (Å²) in [7, 11) is 0. The third-order valence-corrected chi connectivity index (χ3v) is 3.60. The van der Waals surface area contributed by atoms with Crippen LogP contribution in [0.15, 0.2) is 24.3 Å². The Kier molecular flexibility index (Phi) is 8.56. The van der Waals surface area contributed by atoms with Crippen molar-refractivity contribution >= 4 is 0 Å². The van der Waals surface area contributed by atoms with Crippen molar-refractivity contribution in [3.05, 3.63) is 35.4 Å². The number of hydrogen-bond donors (Lipinski definition) is 1. The van der Waals surface area contributed by atoms with Gasteiger partial charge >= 0.3 is 0 Å². The Labute approximate surface area is 124 Å². The highest BCUT2D eigenvalue weighted by molar-refractivity contribution is 5.25. The normalized spacial score (nSPS) is 12.8. The lowest BCUT2D eigenvalue weighted by atomic mass is 10.0. The van der Waals surface area contributed by atoms with Gasteiger partial charge in [0.25, 0.3) is 0 Å². The van der Waals surface area contributed by atoms with Gasteiger partial charge in [-0.2, -0.15) is 0 Å². The van der Waals surface area contributed by atoms with E-state index >= 15 is 0 Å². The van der Waals surface area contributed by atoms with E-state index in [2.05, 4.69) is 57.3 Å². The minimum Gasteiger partial charge on any atom is -0.379 e. The Morgan fingerprint density at radius 2 is 1.80 bits per heavy atom. The van der Waals surface area contributed by atoms with Gasteiger partial charge < -0.3 is 10.1 Å². The first-order valence-corrected chi connectivity index (χ1v) is 8.07. The zero-order chi connectivity index (χ0) is 14.8. The van der Waals surface area contributed by atoms with Crippen molar-refractivity contribution in [1.82, 2.24) is 5.32 Å². The molecule has 0 amide bonds. The predicted molar refractivity (Wildman–Crippen MR) is 87.1 cm³/mol. The Bertz CT molecular complexity index is 345. The lowest BCUT2D eigenvalue weighted by Crippen LogP contribution is -2.25. The van der Waals surface area contributed by atoms with Gasteiger partial charge in [0.05, 0.1) is 12.6 Å². The van der Waals surface area contributed by atoms with Crippen molar-refractivity contribution in [3.8, 4) is 0 Å². The van der Waals surface area contributed by atoms with Crippen LogP contribution in [-0.4, -0.2) is 19.8 Å². The van der Waals surface area contributed by atoms with Gasteiger partial charge in [-0.1, -0.05) is 52.0 Å². The summed E-state index contributed by atoms with van der Waals surface area (Å²) in [5.74, 6) is 0.768. The Hall–Kier alpha value is -0.860. The first-order valence-electron chi connectivity index (χ1n) is 8.07. The van der Waals surface area contributed by atoms with E-state index < -0.39 is 0 Å². The van der Waals surface area contributed by atoms with Crippen LogP contribution in [0.5, 0.6) is 0 Å². The van der Waals surface area contributed by atoms with Gasteiger partial charge in [0.2, 0.25) is 0 Å². The van der Waals surface area contributed by atoms with Crippen molar-refractivity contribution in [2.24, 2.45) is 5.92 Å². The van der Waals surface area contributed by atoms with E-state index in [1.165, 1.54) is 17.5 Å². The average Bonchev–Trinajstić information content (AvgIpc) is 2.45. The number of rotatable bonds is 10. The summed E-state index contributed by atoms with van der Waals surface area (Å²) in [5, 5.41) is 3.51. The van der Waals surface area contributed by atoms with Gasteiger partial charge in [-0.05, 0) is 42.9 Å². The van der Waals surface area contributed by atoms with Crippen molar-refractivity contribution < 1.29 is 4.74 Å². The number of benzene rings is 1. The largest absolute Gasteiger partial charge is 0.379 e. The van der Waals surface area contributed by atoms with E-state index in [9.17, 15) is 0 Å². The molecule has 1 aromatic rings. The van der Waals surface area contributed by atoms with Gasteiger partial charge in [-0.3, -0.25) is 0 Å². The summed E-state index contributed by atoms with van der Waals surface area (Å²) < 4.78 is 5.85. The molecule has 1 N–H and O–H groups in total. The number of likely N-dealkylation sites (N-methyl/N-ethyl adjacent to an activating group) is 1. The van der Waals surface area contributed by atoms with Crippen molar-refractivity contribution in [3.63, 3.8) is 0 Å². The number of hydrogen-bond acceptors (Lipinski definition) is 2. The van der Waals surface area contributed by atoms with Crippen LogP contribution in [0.3, 0.4) is 0 Å². The summed E-state index contributed by atoms with van der Waals surface area (Å²) in [4.78, 5) is 0. The molecule has 0 aliphatic rings. The van der Waals surface area contributed by atoms with E-state index in [-0.39, 0.29) is 0 Å². The fourth-order valence-electron chi connectivity index (χ4n) is 2.30. The molecule has 0 bridgehead atoms. The molecule has 1 atom stereocenters. The molecule has 20 heavy (non-hydrogen) atoms. The van der Waals surface area contributed by atoms with Crippen molar-refractivity contribution in [2.45, 2.75) is 53.0 Å². The molecule has 0 aliphatic carbocycles. The van der Waals surface area contributed by atoms with Crippen LogP contribution < -0.4 is 5.32 Å². The fourth-order valence-corrected chi connectivity index (χ4v) is 2.30. The first-order chi connectivity index (χ1) is 9.67. The quantitative estimate of drug-likeness (QED) is 0.642. The third-order valence-electron chi connectivity index (χ3n) is 3.60. The molecular formula is C18H31NO. The third kappa shape index (κ3) is 6.53. The number of nitrogens with one attached hydrogen (secondary N) is 1. The van der Waals surface area contributed by atoms with E-state index in [4.69, 9.17) is 4.74 Å². The van der Waals surface area contributed by atoms with Gasteiger partial charge in [0, 0.05) is 6.61 Å². The summed E-state index contributed by atoms with van der Waals surface area (Å²) in [5.41, 5.74) is 2.72. The zero-order valence-electron chi connectivity index (χ0n) is 13.6. The predicted octanol–water partition coefficient (Wildman–Crippen LogP) is 4.35. The molecule has 0 heterocycles. The maximum atomic E-state index is 5.85. The Morgan fingerprint density at radius 1 is 1.10 bits per heavy atom. The smallest absolute Gasteiger partial charge is 0.0661 e. The van der Waals surface area contributed by atoms with E-state index in [1.54, 1.807) is 0 Å². The maximum Gasteiger partial charge on any atom is 0.0661 e. The molecule has 1 unspecified atom stereocenters. The molecule has 0 spiro atoms. The van der Waals surface area contributed by atoms with Crippen LogP contribution in [0.4, 0.5) is 0 Å². The van der Waals surface area contributed by atoms with Crippen LogP contribution in [0, 0.1) is 5.92 Å². The van der Waals surface area contributed by atoms with Gasteiger partial charge in [0.15, 0.2) is 0 Å². The van der Waals surface area contributed by atoms with Gasteiger partial charge in [-0.15, -0.1) is 0 Å². The number of aryl methyl sites for hydroxylation is 1. The molecule has 0 radical (unpaired) electrons. The first kappa shape index (κ1) is 17.2. The Morgan fingerprint density at radius 3 is 2.35 bits per heavy atom. The molecular weight excluding hydrogens is 246 g/mol. The Balaban J connectivity index is 2.42. The van der Waals surface area contributed by atoms with Gasteiger partial charge in [-0.25, -0.2) is 0 Å². The van der Waals surface area contributed by atoms with E-state index in [0.717, 1.165) is 38.5 Å². The second-order valence-electron chi connectivity index (χ2n) is 5.82. The highest BCUT2D eigenvalue weighted by Crippen LogP contribution is 2.15. The summed E-state index contributed by atoms with van der Waals surface area (Å²) >= 11 is 0. The molecule has 0 fully saturated rings. The molecule has 1 rings (SSSR count). The lowest BCUT2D eigenvalue weighted by Gasteiger charge is -2.19. The zero-order valence-corrected chi connectivity index (χ0v) is 13.6. The minimum absolute atomic E-state index is 0.310. The van der Waals surface area contributed by atoms with Crippen molar-refractivity contribution in [2.75, 3.05) is 19.8 Å². The molecule has 0 aliphatic heterocycles. The second kappa shape index (κ2) is 9.95. The minimum atomic E-state index is 0.310. The summed E-state index contributed by atoms with van der Waals surface area (Å²) in [6.07, 6.45) is 3.50. The second-order valence-corrected chi connectivity index (χ2v) is 5.82. The monoisotopic (exact) mass is 277 g/mol. The molecule has 0 aromatic heterocycles. The molecule has 0 saturated carbocycles. The van der Waals surface area contributed by atoms with Crippen LogP contribution in [0.25, 0.3) is 0 Å². The molecule has 0 saturated heterocycles. The van der Waals surface area contributed by atoms with Gasteiger partial charge in [0.1, 0.15) is 0 Å².